The first-order valence-electron chi connectivity index (χ1n) is 7.51. The number of alkyl carbamates (subject to hydrolysis) is 1. The van der Waals surface area contributed by atoms with Crippen molar-refractivity contribution in [3.05, 3.63) is 29.8 Å². The third-order valence-electron chi connectivity index (χ3n) is 3.01. The summed E-state index contributed by atoms with van der Waals surface area (Å²) in [5, 5.41) is 2.56. The zero-order chi connectivity index (χ0) is 16.4. The van der Waals surface area contributed by atoms with Gasteiger partial charge in [-0.2, -0.15) is 0 Å². The molecule has 0 spiro atoms. The summed E-state index contributed by atoms with van der Waals surface area (Å²) in [4.78, 5) is 23.7. The number of nitrogens with two attached hydrogens (primary N) is 1. The van der Waals surface area contributed by atoms with Crippen LogP contribution in [0.25, 0.3) is 0 Å². The minimum atomic E-state index is -0.780. The normalized spacial score (nSPS) is 11.5. The van der Waals surface area contributed by atoms with Crippen molar-refractivity contribution < 1.29 is 19.1 Å². The first-order valence-corrected chi connectivity index (χ1v) is 7.51. The highest BCUT2D eigenvalue weighted by atomic mass is 16.6. The molecule has 0 heterocycles. The fourth-order valence-corrected chi connectivity index (χ4v) is 1.82. The maximum atomic E-state index is 12.0. The Hall–Kier alpha value is -2.24. The molecule has 1 amide bonds. The molecule has 0 aromatic heterocycles. The number of hydrogen-bond donors (Lipinski definition) is 2. The van der Waals surface area contributed by atoms with Gasteiger partial charge in [-0.1, -0.05) is 25.5 Å². The second-order valence-corrected chi connectivity index (χ2v) is 4.88. The number of rotatable bonds is 8. The van der Waals surface area contributed by atoms with Gasteiger partial charge in [0.1, 0.15) is 6.04 Å². The van der Waals surface area contributed by atoms with Crippen molar-refractivity contribution in [2.24, 2.45) is 0 Å². The summed E-state index contributed by atoms with van der Waals surface area (Å²) in [6, 6.07) is 6.34. The minimum Gasteiger partial charge on any atom is -0.464 e. The minimum absolute atomic E-state index is 0.254. The Morgan fingerprint density at radius 1 is 1.18 bits per heavy atom. The quantitative estimate of drug-likeness (QED) is 0.437. The van der Waals surface area contributed by atoms with Gasteiger partial charge in [-0.25, -0.2) is 9.59 Å². The summed E-state index contributed by atoms with van der Waals surface area (Å²) >= 11 is 0. The Balaban J connectivity index is 2.65. The number of benzene rings is 1. The third kappa shape index (κ3) is 6.47. The van der Waals surface area contributed by atoms with Gasteiger partial charge in [0, 0.05) is 12.1 Å². The van der Waals surface area contributed by atoms with Crippen LogP contribution < -0.4 is 11.1 Å². The lowest BCUT2D eigenvalue weighted by Gasteiger charge is -2.17. The largest absolute Gasteiger partial charge is 0.464 e. The molecule has 0 aliphatic carbocycles. The summed E-state index contributed by atoms with van der Waals surface area (Å²) in [7, 11) is 0. The summed E-state index contributed by atoms with van der Waals surface area (Å²) in [6.45, 7) is 4.31. The van der Waals surface area contributed by atoms with Gasteiger partial charge in [0.25, 0.3) is 0 Å². The molecule has 3 N–H and O–H groups in total. The predicted molar refractivity (Wildman–Crippen MR) is 84.4 cm³/mol. The van der Waals surface area contributed by atoms with E-state index in [1.165, 1.54) is 0 Å². The smallest absolute Gasteiger partial charge is 0.407 e. The molecule has 0 saturated carbocycles. The molecule has 0 aliphatic heterocycles. The van der Waals surface area contributed by atoms with Crippen LogP contribution >= 0.6 is 0 Å². The first kappa shape index (κ1) is 17.8. The highest BCUT2D eigenvalue weighted by Gasteiger charge is 2.23. The topological polar surface area (TPSA) is 90.6 Å². The molecule has 22 heavy (non-hydrogen) atoms. The molecule has 0 unspecified atom stereocenters. The lowest BCUT2D eigenvalue weighted by molar-refractivity contribution is -0.145. The number of ether oxygens (including phenoxy) is 2. The third-order valence-corrected chi connectivity index (χ3v) is 3.01. The first-order chi connectivity index (χ1) is 10.6. The van der Waals surface area contributed by atoms with Crippen molar-refractivity contribution in [1.82, 2.24) is 5.32 Å². The molecule has 6 nitrogen and oxygen atoms in total. The number of amides is 1. The molecule has 0 aliphatic rings. The Kier molecular flexibility index (Phi) is 7.81. The molecule has 122 valence electrons. The molecule has 1 atom stereocenters. The van der Waals surface area contributed by atoms with Crippen molar-refractivity contribution in [3.63, 3.8) is 0 Å². The maximum absolute atomic E-state index is 12.0. The number of hydrogen-bond acceptors (Lipinski definition) is 5. The lowest BCUT2D eigenvalue weighted by Crippen LogP contribution is -2.43. The van der Waals surface area contributed by atoms with E-state index in [0.717, 1.165) is 18.4 Å². The molecule has 0 fully saturated rings. The summed E-state index contributed by atoms with van der Waals surface area (Å²) in [5.74, 6) is -0.480. The zero-order valence-corrected chi connectivity index (χ0v) is 13.1. The van der Waals surface area contributed by atoms with Gasteiger partial charge in [-0.3, -0.25) is 0 Å². The summed E-state index contributed by atoms with van der Waals surface area (Å²) in [5.41, 5.74) is 7.15. The number of carbonyl (C=O) groups is 2. The van der Waals surface area contributed by atoms with Gasteiger partial charge in [0.05, 0.1) is 13.2 Å². The number of nitrogens with one attached hydrogen (secondary N) is 1. The average Bonchev–Trinajstić information content (AvgIpc) is 2.49. The van der Waals surface area contributed by atoms with Crippen LogP contribution in [-0.4, -0.2) is 31.3 Å². The van der Waals surface area contributed by atoms with Crippen LogP contribution in [0.4, 0.5) is 10.5 Å². The summed E-state index contributed by atoms with van der Waals surface area (Å²) < 4.78 is 10.0. The van der Waals surface area contributed by atoms with Crippen molar-refractivity contribution in [2.45, 2.75) is 39.2 Å². The molecule has 6 heteroatoms. The van der Waals surface area contributed by atoms with Crippen molar-refractivity contribution in [3.8, 4) is 0 Å². The van der Waals surface area contributed by atoms with Gasteiger partial charge >= 0.3 is 12.1 Å². The van der Waals surface area contributed by atoms with E-state index in [4.69, 9.17) is 15.2 Å². The SMILES string of the molecule is CCCCOC(=O)N[C@@H](Cc1ccc(N)cc1)C(=O)OCC. The van der Waals surface area contributed by atoms with Crippen molar-refractivity contribution >= 4 is 17.7 Å². The highest BCUT2D eigenvalue weighted by molar-refractivity contribution is 5.81. The lowest BCUT2D eigenvalue weighted by atomic mass is 10.1. The molecule has 1 rings (SSSR count). The Morgan fingerprint density at radius 3 is 2.45 bits per heavy atom. The molecular weight excluding hydrogens is 284 g/mol. The Morgan fingerprint density at radius 2 is 1.86 bits per heavy atom. The number of nitrogen functional groups attached to an aromatic ring is 1. The van der Waals surface area contributed by atoms with Crippen LogP contribution in [0.2, 0.25) is 0 Å². The van der Waals surface area contributed by atoms with E-state index in [0.29, 0.717) is 18.7 Å². The van der Waals surface area contributed by atoms with Crippen LogP contribution in [0.5, 0.6) is 0 Å². The van der Waals surface area contributed by atoms with Crippen LogP contribution in [0.15, 0.2) is 24.3 Å². The number of unbranched alkanes of at least 4 members (excludes halogenated alkanes) is 1. The second-order valence-electron chi connectivity index (χ2n) is 4.88. The van der Waals surface area contributed by atoms with Crippen LogP contribution in [-0.2, 0) is 20.7 Å². The van der Waals surface area contributed by atoms with Gasteiger partial charge in [-0.15, -0.1) is 0 Å². The molecule has 1 aromatic rings. The van der Waals surface area contributed by atoms with E-state index in [1.54, 1.807) is 19.1 Å². The van der Waals surface area contributed by atoms with Crippen molar-refractivity contribution in [2.75, 3.05) is 18.9 Å². The molecule has 1 aromatic carbocycles. The van der Waals surface area contributed by atoms with E-state index in [1.807, 2.05) is 19.1 Å². The summed E-state index contributed by atoms with van der Waals surface area (Å²) in [6.07, 6.45) is 1.43. The van der Waals surface area contributed by atoms with E-state index < -0.39 is 18.1 Å². The van der Waals surface area contributed by atoms with E-state index >= 15 is 0 Å². The fourth-order valence-electron chi connectivity index (χ4n) is 1.82. The van der Waals surface area contributed by atoms with Gasteiger partial charge in [0.15, 0.2) is 0 Å². The number of carbonyl (C=O) groups excluding carboxylic acids is 2. The van der Waals surface area contributed by atoms with Gasteiger partial charge in [-0.05, 0) is 31.0 Å². The zero-order valence-electron chi connectivity index (χ0n) is 13.1. The fraction of sp³-hybridized carbons (Fsp3) is 0.500. The number of anilines is 1. The van der Waals surface area contributed by atoms with Crippen molar-refractivity contribution in [1.29, 1.82) is 0 Å². The molecular formula is C16H24N2O4. The van der Waals surface area contributed by atoms with E-state index in [9.17, 15) is 9.59 Å². The standard InChI is InChI=1S/C16H24N2O4/c1-3-5-10-22-16(20)18-14(15(19)21-4-2)11-12-6-8-13(17)9-7-12/h6-9,14H,3-5,10-11,17H2,1-2H3,(H,18,20)/t14-/m0/s1. The maximum Gasteiger partial charge on any atom is 0.407 e. The highest BCUT2D eigenvalue weighted by Crippen LogP contribution is 2.09. The van der Waals surface area contributed by atoms with Crippen LogP contribution in [0, 0.1) is 0 Å². The Bertz CT molecular complexity index is 474. The molecule has 0 bridgehead atoms. The van der Waals surface area contributed by atoms with Crippen LogP contribution in [0.1, 0.15) is 32.3 Å². The second kappa shape index (κ2) is 9.65. The number of esters is 1. The molecule has 0 saturated heterocycles. The van der Waals surface area contributed by atoms with Gasteiger partial charge in [0.2, 0.25) is 0 Å². The molecule has 0 radical (unpaired) electrons. The van der Waals surface area contributed by atoms with E-state index in [-0.39, 0.29) is 6.61 Å². The predicted octanol–water partition coefficient (Wildman–Crippen LogP) is 2.27. The van der Waals surface area contributed by atoms with Crippen LogP contribution in [0.3, 0.4) is 0 Å². The average molecular weight is 308 g/mol. The van der Waals surface area contributed by atoms with Gasteiger partial charge < -0.3 is 20.5 Å². The Labute approximate surface area is 131 Å². The monoisotopic (exact) mass is 308 g/mol. The van der Waals surface area contributed by atoms with E-state index in [2.05, 4.69) is 5.32 Å².